The zero-order valence-electron chi connectivity index (χ0n) is 12.4. The fraction of sp³-hybridized carbons (Fsp3) is 0.625. The molecule has 1 unspecified atom stereocenters. The fourth-order valence-corrected chi connectivity index (χ4v) is 3.02. The Hall–Kier alpha value is -1.16. The van der Waals surface area contributed by atoms with E-state index in [1.807, 2.05) is 4.90 Å². The Bertz CT molecular complexity index is 425. The monoisotopic (exact) mass is 282 g/mol. The van der Waals surface area contributed by atoms with Crippen molar-refractivity contribution in [1.29, 1.82) is 0 Å². The average Bonchev–Trinajstić information content (AvgIpc) is 2.64. The van der Waals surface area contributed by atoms with Crippen LogP contribution in [-0.4, -0.2) is 20.1 Å². The lowest BCUT2D eigenvalue weighted by molar-refractivity contribution is 0.459. The lowest BCUT2D eigenvalue weighted by Gasteiger charge is -2.24. The molecule has 0 aliphatic carbocycles. The van der Waals surface area contributed by atoms with Gasteiger partial charge in [0.25, 0.3) is 0 Å². The van der Waals surface area contributed by atoms with Crippen LogP contribution in [0.15, 0.2) is 12.1 Å². The van der Waals surface area contributed by atoms with Gasteiger partial charge in [-0.15, -0.1) is 0 Å². The molecule has 0 saturated carbocycles. The van der Waals surface area contributed by atoms with Gasteiger partial charge in [0, 0.05) is 19.6 Å². The van der Waals surface area contributed by atoms with Gasteiger partial charge in [-0.25, -0.2) is 8.78 Å². The second-order valence-electron chi connectivity index (χ2n) is 5.63. The summed E-state index contributed by atoms with van der Waals surface area (Å²) in [7, 11) is 1.77. The lowest BCUT2D eigenvalue weighted by Crippen LogP contribution is -2.26. The second kappa shape index (κ2) is 7.02. The summed E-state index contributed by atoms with van der Waals surface area (Å²) in [6.45, 7) is 4.16. The van der Waals surface area contributed by atoms with E-state index in [4.69, 9.17) is 0 Å². The van der Waals surface area contributed by atoms with E-state index in [2.05, 4.69) is 12.2 Å². The van der Waals surface area contributed by atoms with Crippen LogP contribution in [0.1, 0.15) is 38.2 Å². The molecule has 2 nitrogen and oxygen atoms in total. The van der Waals surface area contributed by atoms with Crippen molar-refractivity contribution in [2.75, 3.05) is 25.0 Å². The fourth-order valence-electron chi connectivity index (χ4n) is 3.02. The summed E-state index contributed by atoms with van der Waals surface area (Å²) in [5.41, 5.74) is 0.800. The minimum atomic E-state index is -0.440. The van der Waals surface area contributed by atoms with Gasteiger partial charge < -0.3 is 10.2 Å². The number of hydrogen-bond acceptors (Lipinski definition) is 2. The lowest BCUT2D eigenvalue weighted by atomic mass is 9.98. The minimum absolute atomic E-state index is 0.154. The van der Waals surface area contributed by atoms with E-state index < -0.39 is 11.6 Å². The predicted molar refractivity (Wildman–Crippen MR) is 79.0 cm³/mol. The maximum Gasteiger partial charge on any atom is 0.149 e. The maximum absolute atomic E-state index is 14.2. The highest BCUT2D eigenvalue weighted by Crippen LogP contribution is 2.29. The summed E-state index contributed by atoms with van der Waals surface area (Å²) in [4.78, 5) is 1.88. The maximum atomic E-state index is 14.2. The Labute approximate surface area is 120 Å². The molecule has 20 heavy (non-hydrogen) atoms. The summed E-state index contributed by atoms with van der Waals surface area (Å²) in [6.07, 6.45) is 4.34. The summed E-state index contributed by atoms with van der Waals surface area (Å²) in [5.74, 6) is -0.190. The highest BCUT2D eigenvalue weighted by atomic mass is 19.1. The van der Waals surface area contributed by atoms with Gasteiger partial charge in [-0.3, -0.25) is 0 Å². The number of anilines is 1. The quantitative estimate of drug-likeness (QED) is 0.906. The molecule has 0 bridgehead atoms. The third-order valence-electron chi connectivity index (χ3n) is 4.20. The molecular weight excluding hydrogens is 258 g/mol. The van der Waals surface area contributed by atoms with Gasteiger partial charge in [-0.05, 0) is 49.9 Å². The van der Waals surface area contributed by atoms with Crippen LogP contribution >= 0.6 is 0 Å². The van der Waals surface area contributed by atoms with Crippen molar-refractivity contribution in [1.82, 2.24) is 5.32 Å². The first-order valence-electron chi connectivity index (χ1n) is 7.53. The third-order valence-corrected chi connectivity index (χ3v) is 4.20. The number of benzene rings is 1. The Kier molecular flexibility index (Phi) is 5.35. The van der Waals surface area contributed by atoms with Crippen molar-refractivity contribution < 1.29 is 8.78 Å². The molecule has 1 fully saturated rings. The van der Waals surface area contributed by atoms with Crippen LogP contribution in [0.4, 0.5) is 14.5 Å². The van der Waals surface area contributed by atoms with Gasteiger partial charge >= 0.3 is 0 Å². The van der Waals surface area contributed by atoms with Gasteiger partial charge in [0.15, 0.2) is 0 Å². The number of rotatable bonds is 4. The molecule has 1 aliphatic rings. The summed E-state index contributed by atoms with van der Waals surface area (Å²) < 4.78 is 28.4. The van der Waals surface area contributed by atoms with Crippen LogP contribution in [0.5, 0.6) is 0 Å². The van der Waals surface area contributed by atoms with Crippen LogP contribution in [0.2, 0.25) is 0 Å². The van der Waals surface area contributed by atoms with Crippen LogP contribution < -0.4 is 10.2 Å². The van der Waals surface area contributed by atoms with Crippen LogP contribution in [-0.2, 0) is 6.54 Å². The highest BCUT2D eigenvalue weighted by molar-refractivity contribution is 5.51. The van der Waals surface area contributed by atoms with Crippen molar-refractivity contribution in [3.05, 3.63) is 29.3 Å². The van der Waals surface area contributed by atoms with E-state index in [9.17, 15) is 8.78 Å². The first-order chi connectivity index (χ1) is 9.65. The molecule has 4 heteroatoms. The zero-order chi connectivity index (χ0) is 14.5. The van der Waals surface area contributed by atoms with E-state index in [1.165, 1.54) is 12.1 Å². The minimum Gasteiger partial charge on any atom is -0.367 e. The van der Waals surface area contributed by atoms with Crippen molar-refractivity contribution in [2.24, 2.45) is 5.92 Å². The number of nitrogens with one attached hydrogen (secondary N) is 1. The molecule has 0 radical (unpaired) electrons. The molecule has 1 atom stereocenters. The molecule has 2 rings (SSSR count). The van der Waals surface area contributed by atoms with E-state index in [-0.39, 0.29) is 5.69 Å². The second-order valence-corrected chi connectivity index (χ2v) is 5.63. The molecular formula is C16H24F2N2. The van der Waals surface area contributed by atoms with Crippen molar-refractivity contribution in [3.63, 3.8) is 0 Å². The van der Waals surface area contributed by atoms with Crippen molar-refractivity contribution in [3.8, 4) is 0 Å². The van der Waals surface area contributed by atoms with Crippen molar-refractivity contribution >= 4 is 5.69 Å². The van der Waals surface area contributed by atoms with Gasteiger partial charge in [0.2, 0.25) is 0 Å². The molecule has 0 amide bonds. The standard InChI is InChI=1S/C16H24F2N2/c1-3-12-5-4-7-20(8-6-12)16-14(17)9-13(11-19-2)10-15(16)18/h9-10,12,19H,3-8,11H2,1-2H3. The highest BCUT2D eigenvalue weighted by Gasteiger charge is 2.21. The third kappa shape index (κ3) is 3.48. The van der Waals surface area contributed by atoms with Gasteiger partial charge in [0.1, 0.15) is 17.3 Å². The number of hydrogen-bond donors (Lipinski definition) is 1. The molecule has 1 aromatic carbocycles. The Morgan fingerprint density at radius 1 is 1.20 bits per heavy atom. The van der Waals surface area contributed by atoms with E-state index >= 15 is 0 Å². The largest absolute Gasteiger partial charge is 0.367 e. The molecule has 0 spiro atoms. The molecule has 1 aliphatic heterocycles. The average molecular weight is 282 g/mol. The van der Waals surface area contributed by atoms with Gasteiger partial charge in [0.05, 0.1) is 0 Å². The topological polar surface area (TPSA) is 15.3 Å². The first-order valence-corrected chi connectivity index (χ1v) is 7.53. The molecule has 1 heterocycles. The van der Waals surface area contributed by atoms with Gasteiger partial charge in [-0.2, -0.15) is 0 Å². The summed E-state index contributed by atoms with van der Waals surface area (Å²) in [6, 6.07) is 2.88. The molecule has 1 N–H and O–H groups in total. The molecule has 1 saturated heterocycles. The predicted octanol–water partition coefficient (Wildman–Crippen LogP) is 3.70. The Morgan fingerprint density at radius 2 is 1.90 bits per heavy atom. The number of halogens is 2. The van der Waals surface area contributed by atoms with Crippen LogP contribution in [0.25, 0.3) is 0 Å². The van der Waals surface area contributed by atoms with Crippen LogP contribution in [0.3, 0.4) is 0 Å². The zero-order valence-corrected chi connectivity index (χ0v) is 12.4. The smallest absolute Gasteiger partial charge is 0.149 e. The summed E-state index contributed by atoms with van der Waals surface area (Å²) in [5, 5.41) is 2.91. The SMILES string of the molecule is CCC1CCCN(c2c(F)cc(CNC)cc2F)CC1. The molecule has 1 aromatic rings. The van der Waals surface area contributed by atoms with E-state index in [1.54, 1.807) is 7.05 Å². The van der Waals surface area contributed by atoms with E-state index in [0.717, 1.165) is 38.8 Å². The van der Waals surface area contributed by atoms with Crippen LogP contribution in [0, 0.1) is 17.6 Å². The normalized spacial score (nSPS) is 20.0. The first kappa shape index (κ1) is 15.2. The summed E-state index contributed by atoms with van der Waals surface area (Å²) >= 11 is 0. The Balaban J connectivity index is 2.19. The molecule has 0 aromatic heterocycles. The van der Waals surface area contributed by atoms with Crippen molar-refractivity contribution in [2.45, 2.75) is 39.2 Å². The Morgan fingerprint density at radius 3 is 2.50 bits per heavy atom. The number of nitrogens with zero attached hydrogens (tertiary/aromatic N) is 1. The van der Waals surface area contributed by atoms with Gasteiger partial charge in [-0.1, -0.05) is 13.3 Å². The van der Waals surface area contributed by atoms with E-state index in [0.29, 0.717) is 18.0 Å². The molecule has 112 valence electrons.